The van der Waals surface area contributed by atoms with Crippen LogP contribution < -0.4 is 0 Å². The molecule has 0 bridgehead atoms. The van der Waals surface area contributed by atoms with Crippen molar-refractivity contribution in [1.29, 1.82) is 0 Å². The van der Waals surface area contributed by atoms with Crippen molar-refractivity contribution in [2.75, 3.05) is 19.6 Å². The van der Waals surface area contributed by atoms with Gasteiger partial charge in [0.1, 0.15) is 11.6 Å². The highest BCUT2D eigenvalue weighted by Crippen LogP contribution is 2.13. The van der Waals surface area contributed by atoms with Crippen LogP contribution in [0.3, 0.4) is 0 Å². The molecule has 0 amide bonds. The number of hydrogen-bond acceptors (Lipinski definition) is 3. The fourth-order valence-corrected chi connectivity index (χ4v) is 2.09. The van der Waals surface area contributed by atoms with Crippen LogP contribution in [0.5, 0.6) is 0 Å². The number of piperidine rings is 1. The lowest BCUT2D eigenvalue weighted by molar-refractivity contribution is 0.0710. The molecular formula is C13H15F2NO2. The number of carbonyl (C=O) groups excluding carboxylic acids is 1. The largest absolute Gasteiger partial charge is 0.393 e. The Hall–Kier alpha value is -1.33. The van der Waals surface area contributed by atoms with Crippen LogP contribution in [-0.2, 0) is 0 Å². The first-order chi connectivity index (χ1) is 8.54. The molecule has 0 spiro atoms. The number of rotatable bonds is 3. The third kappa shape index (κ3) is 3.34. The lowest BCUT2D eigenvalue weighted by Gasteiger charge is -2.28. The summed E-state index contributed by atoms with van der Waals surface area (Å²) in [4.78, 5) is 13.7. The first-order valence-electron chi connectivity index (χ1n) is 5.94. The van der Waals surface area contributed by atoms with Crippen molar-refractivity contribution in [2.24, 2.45) is 0 Å². The van der Waals surface area contributed by atoms with E-state index in [-0.39, 0.29) is 24.0 Å². The van der Waals surface area contributed by atoms with Crippen LogP contribution in [0.1, 0.15) is 23.2 Å². The summed E-state index contributed by atoms with van der Waals surface area (Å²) in [7, 11) is 0. The molecule has 1 fully saturated rings. The summed E-state index contributed by atoms with van der Waals surface area (Å²) in [6, 6.07) is 2.84. The van der Waals surface area contributed by atoms with Crippen molar-refractivity contribution in [3.63, 3.8) is 0 Å². The molecule has 1 aliphatic rings. The second-order valence-electron chi connectivity index (χ2n) is 4.59. The number of benzene rings is 1. The summed E-state index contributed by atoms with van der Waals surface area (Å²) >= 11 is 0. The molecule has 5 heteroatoms. The van der Waals surface area contributed by atoms with E-state index in [1.165, 1.54) is 0 Å². The average molecular weight is 255 g/mol. The fraction of sp³-hybridized carbons (Fsp3) is 0.462. The summed E-state index contributed by atoms with van der Waals surface area (Å²) in [5.74, 6) is -1.79. The standard InChI is InChI=1S/C13H15F2NO2/c14-10-5-9(6-11(15)7-10)13(18)8-16-3-1-12(17)2-4-16/h5-7,12,17H,1-4,8H2. The molecule has 2 rings (SSSR count). The van der Waals surface area contributed by atoms with Gasteiger partial charge >= 0.3 is 0 Å². The van der Waals surface area contributed by atoms with Crippen LogP contribution in [0.25, 0.3) is 0 Å². The van der Waals surface area contributed by atoms with Crippen molar-refractivity contribution < 1.29 is 18.7 Å². The maximum absolute atomic E-state index is 13.0. The number of halogens is 2. The molecule has 0 saturated carbocycles. The summed E-state index contributed by atoms with van der Waals surface area (Å²) in [6.45, 7) is 1.39. The van der Waals surface area contributed by atoms with Crippen molar-refractivity contribution in [3.05, 3.63) is 35.4 Å². The highest BCUT2D eigenvalue weighted by atomic mass is 19.1. The molecule has 1 N–H and O–H groups in total. The van der Waals surface area contributed by atoms with Gasteiger partial charge in [0.05, 0.1) is 12.6 Å². The van der Waals surface area contributed by atoms with Crippen LogP contribution in [0.4, 0.5) is 8.78 Å². The molecule has 1 aliphatic heterocycles. The van der Waals surface area contributed by atoms with Crippen LogP contribution >= 0.6 is 0 Å². The predicted molar refractivity (Wildman–Crippen MR) is 62.4 cm³/mol. The quantitative estimate of drug-likeness (QED) is 0.834. The zero-order valence-corrected chi connectivity index (χ0v) is 9.90. The predicted octanol–water partition coefficient (Wildman–Crippen LogP) is 1.60. The van der Waals surface area contributed by atoms with Crippen molar-refractivity contribution >= 4 is 5.78 Å². The average Bonchev–Trinajstić information content (AvgIpc) is 2.31. The number of Topliss-reactive ketones (excluding diaryl/α,β-unsaturated/α-hetero) is 1. The van der Waals surface area contributed by atoms with E-state index in [9.17, 15) is 18.7 Å². The Labute approximate surface area is 104 Å². The molecule has 1 heterocycles. The Morgan fingerprint density at radius 3 is 2.33 bits per heavy atom. The topological polar surface area (TPSA) is 40.5 Å². The van der Waals surface area contributed by atoms with E-state index in [4.69, 9.17) is 0 Å². The summed E-state index contributed by atoms with van der Waals surface area (Å²) in [5.41, 5.74) is 0.0543. The number of ketones is 1. The fourth-order valence-electron chi connectivity index (χ4n) is 2.09. The van der Waals surface area contributed by atoms with Gasteiger partial charge < -0.3 is 5.11 Å². The number of likely N-dealkylation sites (tertiary alicyclic amines) is 1. The lowest BCUT2D eigenvalue weighted by Crippen LogP contribution is -2.39. The monoisotopic (exact) mass is 255 g/mol. The van der Waals surface area contributed by atoms with E-state index in [2.05, 4.69) is 0 Å². The molecule has 1 saturated heterocycles. The van der Waals surface area contributed by atoms with E-state index < -0.39 is 11.6 Å². The Balaban J connectivity index is 1.99. The van der Waals surface area contributed by atoms with Crippen LogP contribution in [0.2, 0.25) is 0 Å². The second-order valence-corrected chi connectivity index (χ2v) is 4.59. The SMILES string of the molecule is O=C(CN1CCC(O)CC1)c1cc(F)cc(F)c1. The highest BCUT2D eigenvalue weighted by molar-refractivity contribution is 5.97. The van der Waals surface area contributed by atoms with E-state index in [1.807, 2.05) is 4.90 Å². The lowest BCUT2D eigenvalue weighted by atomic mass is 10.1. The smallest absolute Gasteiger partial charge is 0.177 e. The zero-order valence-electron chi connectivity index (χ0n) is 9.90. The molecule has 1 aromatic carbocycles. The van der Waals surface area contributed by atoms with Crippen LogP contribution in [0.15, 0.2) is 18.2 Å². The maximum Gasteiger partial charge on any atom is 0.177 e. The van der Waals surface area contributed by atoms with Crippen molar-refractivity contribution in [2.45, 2.75) is 18.9 Å². The minimum atomic E-state index is -0.743. The summed E-state index contributed by atoms with van der Waals surface area (Å²) < 4.78 is 26.0. The van der Waals surface area contributed by atoms with Crippen LogP contribution in [0, 0.1) is 11.6 Å². The molecule has 0 unspecified atom stereocenters. The molecule has 0 aromatic heterocycles. The van der Waals surface area contributed by atoms with Gasteiger partial charge in [-0.1, -0.05) is 0 Å². The van der Waals surface area contributed by atoms with E-state index >= 15 is 0 Å². The number of aliphatic hydroxyl groups is 1. The van der Waals surface area contributed by atoms with Crippen molar-refractivity contribution in [3.8, 4) is 0 Å². The Kier molecular flexibility index (Phi) is 4.04. The van der Waals surface area contributed by atoms with E-state index in [1.54, 1.807) is 0 Å². The number of nitrogens with zero attached hydrogens (tertiary/aromatic N) is 1. The first-order valence-corrected chi connectivity index (χ1v) is 5.94. The number of hydrogen-bond donors (Lipinski definition) is 1. The Morgan fingerprint density at radius 2 is 1.78 bits per heavy atom. The van der Waals surface area contributed by atoms with Gasteiger partial charge in [-0.05, 0) is 25.0 Å². The molecule has 98 valence electrons. The normalized spacial score (nSPS) is 17.9. The first kappa shape index (κ1) is 13.1. The number of aliphatic hydroxyl groups excluding tert-OH is 1. The Morgan fingerprint density at radius 1 is 1.22 bits per heavy atom. The van der Waals surface area contributed by atoms with E-state index in [0.29, 0.717) is 25.9 Å². The molecule has 0 atom stereocenters. The van der Waals surface area contributed by atoms with Gasteiger partial charge in [-0.2, -0.15) is 0 Å². The zero-order chi connectivity index (χ0) is 13.1. The number of carbonyl (C=O) groups is 1. The molecule has 1 aromatic rings. The minimum absolute atomic E-state index is 0.0543. The molecule has 0 aliphatic carbocycles. The maximum atomic E-state index is 13.0. The molecule has 3 nitrogen and oxygen atoms in total. The van der Waals surface area contributed by atoms with Gasteiger partial charge in [0.2, 0.25) is 0 Å². The van der Waals surface area contributed by atoms with Gasteiger partial charge in [0.15, 0.2) is 5.78 Å². The molecule has 18 heavy (non-hydrogen) atoms. The van der Waals surface area contributed by atoms with Gasteiger partial charge in [-0.15, -0.1) is 0 Å². The van der Waals surface area contributed by atoms with Gasteiger partial charge in [0, 0.05) is 24.7 Å². The van der Waals surface area contributed by atoms with E-state index in [0.717, 1.165) is 18.2 Å². The third-order valence-electron chi connectivity index (χ3n) is 3.11. The van der Waals surface area contributed by atoms with Gasteiger partial charge in [-0.25, -0.2) is 8.78 Å². The molecule has 0 radical (unpaired) electrons. The highest BCUT2D eigenvalue weighted by Gasteiger charge is 2.20. The molecular weight excluding hydrogens is 240 g/mol. The summed E-state index contributed by atoms with van der Waals surface area (Å²) in [6.07, 6.45) is 0.957. The Bertz CT molecular complexity index is 422. The minimum Gasteiger partial charge on any atom is -0.393 e. The van der Waals surface area contributed by atoms with Crippen molar-refractivity contribution in [1.82, 2.24) is 4.90 Å². The van der Waals surface area contributed by atoms with Gasteiger partial charge in [-0.3, -0.25) is 9.69 Å². The third-order valence-corrected chi connectivity index (χ3v) is 3.11. The van der Waals surface area contributed by atoms with Gasteiger partial charge in [0.25, 0.3) is 0 Å². The second kappa shape index (κ2) is 5.54. The summed E-state index contributed by atoms with van der Waals surface area (Å²) in [5, 5.41) is 9.34. The van der Waals surface area contributed by atoms with Crippen LogP contribution in [-0.4, -0.2) is 41.5 Å².